The minimum absolute atomic E-state index is 0.0691. The number of carbonyl (C=O) groups is 2. The summed E-state index contributed by atoms with van der Waals surface area (Å²) in [7, 11) is 1.69. The second-order valence-corrected chi connectivity index (χ2v) is 5.66. The van der Waals surface area contributed by atoms with Gasteiger partial charge in [-0.05, 0) is 32.6 Å². The summed E-state index contributed by atoms with van der Waals surface area (Å²) in [5, 5.41) is 8.67. The van der Waals surface area contributed by atoms with Crippen molar-refractivity contribution in [1.82, 2.24) is 16.0 Å². The molecule has 1 aliphatic heterocycles. The summed E-state index contributed by atoms with van der Waals surface area (Å²) in [4.78, 5) is 22.7. The molecule has 0 spiro atoms. The third-order valence-corrected chi connectivity index (χ3v) is 3.80. The summed E-state index contributed by atoms with van der Waals surface area (Å²) in [5.74, 6) is 0.136. The Morgan fingerprint density at radius 1 is 1.19 bits per heavy atom. The van der Waals surface area contributed by atoms with E-state index >= 15 is 0 Å². The number of carbonyl (C=O) groups excluding carboxylic acids is 2. The molecular weight excluding hydrogens is 270 g/mol. The number of unbranched alkanes of at least 4 members (excludes halogenated alkanes) is 3. The van der Waals surface area contributed by atoms with Crippen molar-refractivity contribution in [2.24, 2.45) is 0 Å². The van der Waals surface area contributed by atoms with Gasteiger partial charge in [0.1, 0.15) is 0 Å². The van der Waals surface area contributed by atoms with Gasteiger partial charge in [-0.2, -0.15) is 0 Å². The highest BCUT2D eigenvalue weighted by molar-refractivity contribution is 5.77. The Hall–Kier alpha value is -1.30. The van der Waals surface area contributed by atoms with Crippen LogP contribution in [0, 0.1) is 0 Å². The molecule has 0 bridgehead atoms. The highest BCUT2D eigenvalue weighted by Gasteiger charge is 2.26. The van der Waals surface area contributed by atoms with Gasteiger partial charge in [0.05, 0.1) is 6.04 Å². The predicted octanol–water partition coefficient (Wildman–Crippen LogP) is 1.55. The van der Waals surface area contributed by atoms with Gasteiger partial charge in [0, 0.05) is 32.7 Å². The van der Waals surface area contributed by atoms with Crippen molar-refractivity contribution >= 4 is 11.9 Å². The van der Waals surface area contributed by atoms with Gasteiger partial charge in [-0.3, -0.25) is 4.79 Å². The van der Waals surface area contributed by atoms with E-state index in [2.05, 4.69) is 16.0 Å². The van der Waals surface area contributed by atoms with Gasteiger partial charge in [0.15, 0.2) is 0 Å². The molecule has 122 valence electrons. The Morgan fingerprint density at radius 2 is 2.00 bits per heavy atom. The number of nitrogens with one attached hydrogen (secondary N) is 3. The maximum Gasteiger partial charge on any atom is 0.315 e. The fourth-order valence-electron chi connectivity index (χ4n) is 2.48. The molecular formula is C15H29N3O3. The van der Waals surface area contributed by atoms with E-state index in [4.69, 9.17) is 4.74 Å². The zero-order valence-electron chi connectivity index (χ0n) is 13.2. The monoisotopic (exact) mass is 299 g/mol. The van der Waals surface area contributed by atoms with Gasteiger partial charge in [-0.1, -0.05) is 12.8 Å². The average molecular weight is 299 g/mol. The van der Waals surface area contributed by atoms with Gasteiger partial charge in [-0.25, -0.2) is 4.79 Å². The number of methoxy groups -OCH3 is 1. The van der Waals surface area contributed by atoms with E-state index in [1.807, 2.05) is 6.92 Å². The van der Waals surface area contributed by atoms with E-state index in [1.54, 1.807) is 7.11 Å². The molecule has 1 heterocycles. The molecule has 0 saturated carbocycles. The molecule has 3 amide bonds. The fraction of sp³-hybridized carbons (Fsp3) is 0.867. The molecule has 21 heavy (non-hydrogen) atoms. The van der Waals surface area contributed by atoms with Crippen LogP contribution in [0.1, 0.15) is 51.9 Å². The first-order valence-electron chi connectivity index (χ1n) is 7.96. The molecule has 0 radical (unpaired) electrons. The lowest BCUT2D eigenvalue weighted by Crippen LogP contribution is -2.30. The first kappa shape index (κ1) is 17.8. The van der Waals surface area contributed by atoms with E-state index in [-0.39, 0.29) is 24.0 Å². The van der Waals surface area contributed by atoms with Crippen LogP contribution in [0.15, 0.2) is 0 Å². The van der Waals surface area contributed by atoms with Gasteiger partial charge in [-0.15, -0.1) is 0 Å². The fourth-order valence-corrected chi connectivity index (χ4v) is 2.48. The van der Waals surface area contributed by atoms with E-state index < -0.39 is 0 Å². The molecule has 0 aromatic rings. The van der Waals surface area contributed by atoms with E-state index in [0.29, 0.717) is 6.42 Å². The maximum atomic E-state index is 11.6. The van der Waals surface area contributed by atoms with Crippen molar-refractivity contribution in [1.29, 1.82) is 0 Å². The van der Waals surface area contributed by atoms with Crippen LogP contribution in [-0.2, 0) is 9.53 Å². The molecule has 1 rings (SSSR count). The summed E-state index contributed by atoms with van der Waals surface area (Å²) < 4.78 is 4.95. The first-order chi connectivity index (χ1) is 10.1. The molecule has 2 unspecified atom stereocenters. The third kappa shape index (κ3) is 7.90. The molecule has 1 saturated heterocycles. The van der Waals surface area contributed by atoms with Crippen molar-refractivity contribution in [3.05, 3.63) is 0 Å². The van der Waals surface area contributed by atoms with Crippen molar-refractivity contribution in [2.75, 3.05) is 20.3 Å². The lowest BCUT2D eigenvalue weighted by molar-refractivity contribution is -0.121. The summed E-state index contributed by atoms with van der Waals surface area (Å²) in [6.07, 6.45) is 6.48. The molecule has 1 fully saturated rings. The van der Waals surface area contributed by atoms with Crippen LogP contribution in [0.2, 0.25) is 0 Å². The molecule has 2 atom stereocenters. The van der Waals surface area contributed by atoms with E-state index in [9.17, 15) is 9.59 Å². The lowest BCUT2D eigenvalue weighted by atomic mass is 10.0. The number of rotatable bonds is 11. The number of ether oxygens (including phenoxy) is 1. The Kier molecular flexibility index (Phi) is 8.82. The smallest absolute Gasteiger partial charge is 0.315 e. The van der Waals surface area contributed by atoms with Crippen LogP contribution in [0.25, 0.3) is 0 Å². The van der Waals surface area contributed by atoms with Gasteiger partial charge in [0.25, 0.3) is 0 Å². The van der Waals surface area contributed by atoms with Crippen molar-refractivity contribution in [3.63, 3.8) is 0 Å². The van der Waals surface area contributed by atoms with Crippen molar-refractivity contribution < 1.29 is 14.3 Å². The largest absolute Gasteiger partial charge is 0.385 e. The Labute approximate surface area is 127 Å². The minimum Gasteiger partial charge on any atom is -0.385 e. The second-order valence-electron chi connectivity index (χ2n) is 5.66. The van der Waals surface area contributed by atoms with Crippen molar-refractivity contribution in [3.8, 4) is 0 Å². The normalized spacial score (nSPS) is 21.0. The molecule has 0 aromatic carbocycles. The van der Waals surface area contributed by atoms with Crippen LogP contribution in [-0.4, -0.2) is 44.3 Å². The Bertz CT molecular complexity index is 323. The summed E-state index contributed by atoms with van der Waals surface area (Å²) in [5.41, 5.74) is 0. The van der Waals surface area contributed by atoms with Crippen LogP contribution in [0.3, 0.4) is 0 Å². The van der Waals surface area contributed by atoms with Crippen LogP contribution < -0.4 is 16.0 Å². The topological polar surface area (TPSA) is 79.5 Å². The highest BCUT2D eigenvalue weighted by atomic mass is 16.5. The van der Waals surface area contributed by atoms with Crippen molar-refractivity contribution in [2.45, 2.75) is 64.0 Å². The number of hydrogen-bond acceptors (Lipinski definition) is 3. The molecule has 0 aromatic heterocycles. The Morgan fingerprint density at radius 3 is 2.67 bits per heavy atom. The van der Waals surface area contributed by atoms with E-state index in [0.717, 1.165) is 51.7 Å². The zero-order chi connectivity index (χ0) is 15.5. The number of amides is 3. The zero-order valence-corrected chi connectivity index (χ0v) is 13.2. The van der Waals surface area contributed by atoms with Gasteiger partial charge in [0.2, 0.25) is 5.91 Å². The van der Waals surface area contributed by atoms with E-state index in [1.165, 1.54) is 0 Å². The highest BCUT2D eigenvalue weighted by Crippen LogP contribution is 2.11. The second kappa shape index (κ2) is 10.4. The lowest BCUT2D eigenvalue weighted by Gasteiger charge is -2.13. The van der Waals surface area contributed by atoms with Gasteiger partial charge >= 0.3 is 6.03 Å². The Balaban J connectivity index is 1.91. The van der Waals surface area contributed by atoms with Crippen LogP contribution in [0.5, 0.6) is 0 Å². The molecule has 6 nitrogen and oxygen atoms in total. The standard InChI is InChI=1S/C15H29N3O3/c1-12-13(18-15(20)17-12)8-4-3-5-9-14(19)16-10-6-7-11-21-2/h12-13H,3-11H2,1-2H3,(H,16,19)(H2,17,18,20). The number of urea groups is 1. The summed E-state index contributed by atoms with van der Waals surface area (Å²) in [6, 6.07) is 0.361. The van der Waals surface area contributed by atoms with Crippen LogP contribution in [0.4, 0.5) is 4.79 Å². The third-order valence-electron chi connectivity index (χ3n) is 3.80. The SMILES string of the molecule is COCCCCNC(=O)CCCCCC1NC(=O)NC1C. The molecule has 6 heteroatoms. The quantitative estimate of drug-likeness (QED) is 0.506. The van der Waals surface area contributed by atoms with Gasteiger partial charge < -0.3 is 20.7 Å². The average Bonchev–Trinajstić information content (AvgIpc) is 2.76. The molecule has 1 aliphatic rings. The minimum atomic E-state index is -0.0691. The predicted molar refractivity (Wildman–Crippen MR) is 82.1 cm³/mol. The van der Waals surface area contributed by atoms with Crippen LogP contribution >= 0.6 is 0 Å². The molecule has 3 N–H and O–H groups in total. The summed E-state index contributed by atoms with van der Waals surface area (Å²) >= 11 is 0. The number of hydrogen-bond donors (Lipinski definition) is 3. The maximum absolute atomic E-state index is 11.6. The first-order valence-corrected chi connectivity index (χ1v) is 7.96. The summed E-state index contributed by atoms with van der Waals surface area (Å²) in [6.45, 7) is 3.50. The molecule has 0 aliphatic carbocycles.